The Morgan fingerprint density at radius 2 is 1.74 bits per heavy atom. The highest BCUT2D eigenvalue weighted by Crippen LogP contribution is 2.42. The molecule has 3 heterocycles. The van der Waals surface area contributed by atoms with E-state index in [1.54, 1.807) is 6.07 Å². The fourth-order valence-electron chi connectivity index (χ4n) is 4.51. The largest absolute Gasteiger partial charge is 0.486 e. The lowest BCUT2D eigenvalue weighted by Crippen LogP contribution is -2.51. The fourth-order valence-corrected chi connectivity index (χ4v) is 4.78. The van der Waals surface area contributed by atoms with Crippen molar-refractivity contribution in [1.29, 1.82) is 0 Å². The van der Waals surface area contributed by atoms with Crippen LogP contribution in [0.1, 0.15) is 40.7 Å². The molecule has 2 aliphatic rings. The highest BCUT2D eigenvalue weighted by molar-refractivity contribution is 6.31. The van der Waals surface area contributed by atoms with E-state index in [9.17, 15) is 4.79 Å². The van der Waals surface area contributed by atoms with Gasteiger partial charge in [-0.3, -0.25) is 4.79 Å². The van der Waals surface area contributed by atoms with Gasteiger partial charge in [0.1, 0.15) is 11.4 Å². The second kappa shape index (κ2) is 7.65. The predicted octanol–water partition coefficient (Wildman–Crippen LogP) is 5.42. The van der Waals surface area contributed by atoms with Crippen LogP contribution in [-0.4, -0.2) is 34.7 Å². The van der Waals surface area contributed by atoms with Gasteiger partial charge >= 0.3 is 0 Å². The number of ether oxygens (including phenoxy) is 1. The Hall–Kier alpha value is -2.92. The minimum atomic E-state index is -0.450. The number of aryl methyl sites for hydroxylation is 2. The van der Waals surface area contributed by atoms with Gasteiger partial charge in [-0.05, 0) is 43.7 Å². The number of carbonyl (C=O) groups excluding carboxylic acids is 1. The molecule has 6 heteroatoms. The summed E-state index contributed by atoms with van der Waals surface area (Å²) in [6, 6.07) is 15.9. The molecule has 2 aromatic carbocycles. The van der Waals surface area contributed by atoms with Crippen LogP contribution in [0.25, 0.3) is 11.3 Å². The number of Topliss-reactive ketones (excluding diaryl/α,β-unsaturated/α-hetero) is 1. The molecule has 1 saturated heterocycles. The van der Waals surface area contributed by atoms with Crippen LogP contribution in [0.3, 0.4) is 0 Å². The zero-order valence-corrected chi connectivity index (χ0v) is 18.4. The molecule has 0 aliphatic carbocycles. The third-order valence-corrected chi connectivity index (χ3v) is 6.56. The minimum Gasteiger partial charge on any atom is -0.486 e. The molecular formula is C25H24ClN3O2. The molecule has 1 aromatic heterocycles. The number of nitrogens with zero attached hydrogens (tertiary/aromatic N) is 3. The Morgan fingerprint density at radius 1 is 1.00 bits per heavy atom. The first-order valence-electron chi connectivity index (χ1n) is 10.6. The smallest absolute Gasteiger partial charge is 0.170 e. The molecule has 0 bridgehead atoms. The summed E-state index contributed by atoms with van der Waals surface area (Å²) >= 11 is 6.14. The molecule has 0 N–H and O–H groups in total. The number of ketones is 1. The molecule has 158 valence electrons. The molecule has 0 unspecified atom stereocenters. The molecule has 3 aromatic rings. The number of rotatable bonds is 2. The summed E-state index contributed by atoms with van der Waals surface area (Å²) in [4.78, 5) is 15.1. The number of hydrogen-bond acceptors (Lipinski definition) is 5. The van der Waals surface area contributed by atoms with E-state index in [1.165, 1.54) is 5.56 Å². The molecule has 1 fully saturated rings. The quantitative estimate of drug-likeness (QED) is 0.540. The van der Waals surface area contributed by atoms with Crippen molar-refractivity contribution in [2.24, 2.45) is 0 Å². The molecule has 0 atom stereocenters. The van der Waals surface area contributed by atoms with Crippen LogP contribution in [0.2, 0.25) is 5.02 Å². The third kappa shape index (κ3) is 3.79. The predicted molar refractivity (Wildman–Crippen MR) is 122 cm³/mol. The number of halogens is 1. The summed E-state index contributed by atoms with van der Waals surface area (Å²) < 4.78 is 6.45. The Bertz CT molecular complexity index is 1130. The Balaban J connectivity index is 1.30. The maximum absolute atomic E-state index is 12.8. The number of benzene rings is 2. The normalized spacial score (nSPS) is 17.4. The van der Waals surface area contributed by atoms with Crippen molar-refractivity contribution in [2.45, 2.75) is 38.7 Å². The summed E-state index contributed by atoms with van der Waals surface area (Å²) in [5.74, 6) is 1.66. The molecule has 5 rings (SSSR count). The van der Waals surface area contributed by atoms with Gasteiger partial charge in [-0.15, -0.1) is 10.2 Å². The van der Waals surface area contributed by atoms with Crippen LogP contribution in [0.5, 0.6) is 5.75 Å². The van der Waals surface area contributed by atoms with E-state index in [-0.39, 0.29) is 5.78 Å². The van der Waals surface area contributed by atoms with Gasteiger partial charge in [0.2, 0.25) is 0 Å². The van der Waals surface area contributed by atoms with Gasteiger partial charge in [-0.25, -0.2) is 0 Å². The number of piperidine rings is 1. The lowest BCUT2D eigenvalue weighted by atomic mass is 9.82. The van der Waals surface area contributed by atoms with E-state index in [4.69, 9.17) is 16.3 Å². The summed E-state index contributed by atoms with van der Waals surface area (Å²) in [5, 5.41) is 9.47. The topological polar surface area (TPSA) is 55.3 Å². The van der Waals surface area contributed by atoms with Gasteiger partial charge in [0.15, 0.2) is 11.6 Å². The van der Waals surface area contributed by atoms with Crippen molar-refractivity contribution in [3.63, 3.8) is 0 Å². The first-order chi connectivity index (χ1) is 14.9. The van der Waals surface area contributed by atoms with Gasteiger partial charge in [0.05, 0.1) is 17.7 Å². The molecule has 31 heavy (non-hydrogen) atoms. The number of fused-ring (bicyclic) bond motifs is 1. The highest BCUT2D eigenvalue weighted by Gasteiger charge is 2.43. The van der Waals surface area contributed by atoms with E-state index < -0.39 is 5.60 Å². The molecule has 0 radical (unpaired) electrons. The van der Waals surface area contributed by atoms with Gasteiger partial charge in [0.25, 0.3) is 0 Å². The molecule has 0 saturated carbocycles. The van der Waals surface area contributed by atoms with Crippen molar-refractivity contribution in [1.82, 2.24) is 10.2 Å². The average Bonchev–Trinajstić information content (AvgIpc) is 2.76. The van der Waals surface area contributed by atoms with Crippen LogP contribution in [0.4, 0.5) is 5.82 Å². The summed E-state index contributed by atoms with van der Waals surface area (Å²) in [5.41, 5.74) is 4.22. The van der Waals surface area contributed by atoms with Crippen LogP contribution in [0.15, 0.2) is 48.5 Å². The molecule has 0 amide bonds. The fraction of sp³-hybridized carbons (Fsp3) is 0.320. The van der Waals surface area contributed by atoms with Crippen molar-refractivity contribution in [3.8, 4) is 17.0 Å². The van der Waals surface area contributed by atoms with Gasteiger partial charge < -0.3 is 9.64 Å². The van der Waals surface area contributed by atoms with E-state index in [2.05, 4.69) is 46.3 Å². The molecule has 1 spiro atoms. The van der Waals surface area contributed by atoms with Gasteiger partial charge in [-0.2, -0.15) is 0 Å². The first-order valence-corrected chi connectivity index (χ1v) is 11.0. The Labute approximate surface area is 187 Å². The number of carbonyl (C=O) groups is 1. The SMILES string of the molecule is Cc1ccc(-c2ccc(N3CCC4(CC3)CC(=O)c3cc(Cl)cc(C)c3O4)nn2)cc1. The van der Waals surface area contributed by atoms with Crippen molar-refractivity contribution < 1.29 is 9.53 Å². The summed E-state index contributed by atoms with van der Waals surface area (Å²) in [6.45, 7) is 5.55. The van der Waals surface area contributed by atoms with Gasteiger partial charge in [-0.1, -0.05) is 41.4 Å². The first kappa shape index (κ1) is 20.0. The Kier molecular flexibility index (Phi) is 4.94. The van der Waals surface area contributed by atoms with Crippen molar-refractivity contribution >= 4 is 23.2 Å². The standard InChI is InChI=1S/C25H24ClN3O2/c1-16-3-5-18(6-4-16)21-7-8-23(28-27-21)29-11-9-25(10-12-29)15-22(30)20-14-19(26)13-17(2)24(20)31-25/h3-8,13-14H,9-12,15H2,1-2H3. The zero-order chi connectivity index (χ0) is 21.6. The van der Waals surface area contributed by atoms with E-state index in [1.807, 2.05) is 25.1 Å². The average molecular weight is 434 g/mol. The maximum Gasteiger partial charge on any atom is 0.170 e. The third-order valence-electron chi connectivity index (χ3n) is 6.34. The highest BCUT2D eigenvalue weighted by atomic mass is 35.5. The number of aromatic nitrogens is 2. The molecule has 5 nitrogen and oxygen atoms in total. The number of hydrogen-bond donors (Lipinski definition) is 0. The lowest BCUT2D eigenvalue weighted by Gasteiger charge is -2.44. The number of anilines is 1. The van der Waals surface area contributed by atoms with E-state index >= 15 is 0 Å². The minimum absolute atomic E-state index is 0.113. The van der Waals surface area contributed by atoms with E-state index in [0.29, 0.717) is 22.8 Å². The second-order valence-corrected chi connectivity index (χ2v) is 9.05. The van der Waals surface area contributed by atoms with Crippen LogP contribution < -0.4 is 9.64 Å². The van der Waals surface area contributed by atoms with Gasteiger partial charge in [0, 0.05) is 36.5 Å². The molecular weight excluding hydrogens is 410 g/mol. The van der Waals surface area contributed by atoms with Crippen LogP contribution in [-0.2, 0) is 0 Å². The zero-order valence-electron chi connectivity index (χ0n) is 17.7. The monoisotopic (exact) mass is 433 g/mol. The van der Waals surface area contributed by atoms with Crippen molar-refractivity contribution in [2.75, 3.05) is 18.0 Å². The van der Waals surface area contributed by atoms with Crippen molar-refractivity contribution in [3.05, 3.63) is 70.2 Å². The lowest BCUT2D eigenvalue weighted by molar-refractivity contribution is 0.0225. The summed E-state index contributed by atoms with van der Waals surface area (Å²) in [7, 11) is 0. The molecule has 2 aliphatic heterocycles. The van der Waals surface area contributed by atoms with E-state index in [0.717, 1.165) is 48.6 Å². The van der Waals surface area contributed by atoms with Crippen LogP contribution >= 0.6 is 11.6 Å². The van der Waals surface area contributed by atoms with Crippen LogP contribution in [0, 0.1) is 13.8 Å². The second-order valence-electron chi connectivity index (χ2n) is 8.61. The maximum atomic E-state index is 12.8. The Morgan fingerprint density at radius 3 is 2.42 bits per heavy atom. The summed E-state index contributed by atoms with van der Waals surface area (Å²) in [6.07, 6.45) is 1.93.